The standard InChI is InChI=1S/C15H19N3O2/c1-10-7-18(9-13(10)15(17)19)8-11-3-4-14(20-2)12(5-11)6-16/h3-5,10,13H,7-9H2,1-2H3,(H2,17,19)/t10-,13-/m1/s1. The van der Waals surface area contributed by atoms with Crippen molar-refractivity contribution in [3.8, 4) is 11.8 Å². The number of amides is 1. The highest BCUT2D eigenvalue weighted by Crippen LogP contribution is 2.25. The molecule has 5 heteroatoms. The zero-order valence-corrected chi connectivity index (χ0v) is 11.8. The quantitative estimate of drug-likeness (QED) is 0.891. The maximum absolute atomic E-state index is 11.3. The van der Waals surface area contributed by atoms with Crippen LogP contribution in [0.25, 0.3) is 0 Å². The Morgan fingerprint density at radius 3 is 2.85 bits per heavy atom. The molecule has 0 spiro atoms. The summed E-state index contributed by atoms with van der Waals surface area (Å²) in [7, 11) is 1.55. The van der Waals surface area contributed by atoms with Gasteiger partial charge in [-0.3, -0.25) is 9.69 Å². The monoisotopic (exact) mass is 273 g/mol. The van der Waals surface area contributed by atoms with E-state index in [0.717, 1.165) is 12.1 Å². The number of methoxy groups -OCH3 is 1. The lowest BCUT2D eigenvalue weighted by Gasteiger charge is -2.16. The highest BCUT2D eigenvalue weighted by molar-refractivity contribution is 5.77. The molecule has 20 heavy (non-hydrogen) atoms. The molecule has 0 aliphatic carbocycles. The molecule has 1 aliphatic rings. The Morgan fingerprint density at radius 2 is 2.30 bits per heavy atom. The van der Waals surface area contributed by atoms with E-state index in [1.165, 1.54) is 0 Å². The van der Waals surface area contributed by atoms with Crippen molar-refractivity contribution < 1.29 is 9.53 Å². The van der Waals surface area contributed by atoms with E-state index in [0.29, 0.717) is 24.4 Å². The van der Waals surface area contributed by atoms with Crippen LogP contribution < -0.4 is 10.5 Å². The minimum atomic E-state index is -0.229. The number of benzene rings is 1. The molecule has 1 heterocycles. The summed E-state index contributed by atoms with van der Waals surface area (Å²) < 4.78 is 5.13. The van der Waals surface area contributed by atoms with E-state index in [1.807, 2.05) is 19.1 Å². The van der Waals surface area contributed by atoms with E-state index < -0.39 is 0 Å². The molecule has 0 saturated carbocycles. The number of hydrogen-bond acceptors (Lipinski definition) is 4. The molecule has 2 N–H and O–H groups in total. The lowest BCUT2D eigenvalue weighted by Crippen LogP contribution is -2.29. The Morgan fingerprint density at radius 1 is 1.55 bits per heavy atom. The Kier molecular flexibility index (Phi) is 4.26. The molecular weight excluding hydrogens is 254 g/mol. The number of likely N-dealkylation sites (tertiary alicyclic amines) is 1. The molecule has 0 aromatic heterocycles. The van der Waals surface area contributed by atoms with Crippen molar-refractivity contribution >= 4 is 5.91 Å². The number of nitrogens with two attached hydrogens (primary N) is 1. The van der Waals surface area contributed by atoms with Gasteiger partial charge in [0, 0.05) is 19.6 Å². The number of rotatable bonds is 4. The van der Waals surface area contributed by atoms with Crippen molar-refractivity contribution in [1.82, 2.24) is 4.90 Å². The van der Waals surface area contributed by atoms with E-state index in [9.17, 15) is 4.79 Å². The minimum Gasteiger partial charge on any atom is -0.495 e. The molecule has 106 valence electrons. The van der Waals surface area contributed by atoms with Crippen LogP contribution in [-0.4, -0.2) is 31.0 Å². The van der Waals surface area contributed by atoms with Crippen molar-refractivity contribution in [1.29, 1.82) is 5.26 Å². The topological polar surface area (TPSA) is 79.3 Å². The highest BCUT2D eigenvalue weighted by atomic mass is 16.5. The summed E-state index contributed by atoms with van der Waals surface area (Å²) in [4.78, 5) is 13.5. The van der Waals surface area contributed by atoms with Crippen molar-refractivity contribution in [2.75, 3.05) is 20.2 Å². The Balaban J connectivity index is 2.08. The number of carbonyl (C=O) groups excluding carboxylic acids is 1. The summed E-state index contributed by atoms with van der Waals surface area (Å²) in [5.74, 6) is 0.554. The van der Waals surface area contributed by atoms with Gasteiger partial charge in [0.15, 0.2) is 0 Å². The van der Waals surface area contributed by atoms with Gasteiger partial charge >= 0.3 is 0 Å². The van der Waals surface area contributed by atoms with Crippen molar-refractivity contribution in [2.45, 2.75) is 13.5 Å². The summed E-state index contributed by atoms with van der Waals surface area (Å²) in [6.07, 6.45) is 0. The predicted molar refractivity (Wildman–Crippen MR) is 74.8 cm³/mol. The van der Waals surface area contributed by atoms with Crippen molar-refractivity contribution in [3.05, 3.63) is 29.3 Å². The summed E-state index contributed by atoms with van der Waals surface area (Å²) in [5, 5.41) is 9.09. The lowest BCUT2D eigenvalue weighted by atomic mass is 9.98. The Bertz CT molecular complexity index is 551. The van der Waals surface area contributed by atoms with Crippen molar-refractivity contribution in [3.63, 3.8) is 0 Å². The Labute approximate surface area is 118 Å². The molecular formula is C15H19N3O2. The van der Waals surface area contributed by atoms with Gasteiger partial charge in [-0.25, -0.2) is 0 Å². The second-order valence-electron chi connectivity index (χ2n) is 5.33. The van der Waals surface area contributed by atoms with Crippen LogP contribution in [0.5, 0.6) is 5.75 Å². The van der Waals surface area contributed by atoms with Gasteiger partial charge in [-0.2, -0.15) is 5.26 Å². The van der Waals surface area contributed by atoms with E-state index >= 15 is 0 Å². The molecule has 1 amide bonds. The lowest BCUT2D eigenvalue weighted by molar-refractivity contribution is -0.122. The van der Waals surface area contributed by atoms with Gasteiger partial charge in [0.05, 0.1) is 18.6 Å². The molecule has 2 rings (SSSR count). The van der Waals surface area contributed by atoms with E-state index in [1.54, 1.807) is 13.2 Å². The first-order valence-electron chi connectivity index (χ1n) is 6.63. The highest BCUT2D eigenvalue weighted by Gasteiger charge is 2.33. The third kappa shape index (κ3) is 2.91. The third-order valence-electron chi connectivity index (χ3n) is 3.84. The molecule has 1 aromatic carbocycles. The van der Waals surface area contributed by atoms with Gasteiger partial charge < -0.3 is 10.5 Å². The van der Waals surface area contributed by atoms with E-state index in [-0.39, 0.29) is 17.7 Å². The van der Waals surface area contributed by atoms with Gasteiger partial charge in [-0.15, -0.1) is 0 Å². The molecule has 0 radical (unpaired) electrons. The zero-order chi connectivity index (χ0) is 14.7. The largest absolute Gasteiger partial charge is 0.495 e. The van der Waals surface area contributed by atoms with E-state index in [4.69, 9.17) is 15.7 Å². The van der Waals surface area contributed by atoms with Crippen molar-refractivity contribution in [2.24, 2.45) is 17.6 Å². The smallest absolute Gasteiger partial charge is 0.222 e. The molecule has 1 aliphatic heterocycles. The maximum atomic E-state index is 11.3. The van der Waals surface area contributed by atoms with Gasteiger partial charge in [0.2, 0.25) is 5.91 Å². The van der Waals surface area contributed by atoms with Gasteiger partial charge in [-0.05, 0) is 23.6 Å². The van der Waals surface area contributed by atoms with Crippen LogP contribution in [0.15, 0.2) is 18.2 Å². The SMILES string of the molecule is COc1ccc(CN2C[C@@H](C)[C@H](C(N)=O)C2)cc1C#N. The zero-order valence-electron chi connectivity index (χ0n) is 11.8. The van der Waals surface area contributed by atoms with Gasteiger partial charge in [0.25, 0.3) is 0 Å². The fourth-order valence-electron chi connectivity index (χ4n) is 2.77. The molecule has 1 fully saturated rings. The first-order valence-corrected chi connectivity index (χ1v) is 6.63. The molecule has 2 atom stereocenters. The van der Waals surface area contributed by atoms with Crippen LogP contribution in [0.3, 0.4) is 0 Å². The minimum absolute atomic E-state index is 0.0799. The Hall–Kier alpha value is -2.06. The fraction of sp³-hybridized carbons (Fsp3) is 0.467. The number of primary amides is 1. The second-order valence-corrected chi connectivity index (χ2v) is 5.33. The number of hydrogen-bond donors (Lipinski definition) is 1. The average molecular weight is 273 g/mol. The van der Waals surface area contributed by atoms with Gasteiger partial charge in [0.1, 0.15) is 11.8 Å². The molecule has 0 unspecified atom stereocenters. The first-order chi connectivity index (χ1) is 9.55. The van der Waals surface area contributed by atoms with Crippen LogP contribution >= 0.6 is 0 Å². The van der Waals surface area contributed by atoms with Crippen LogP contribution in [-0.2, 0) is 11.3 Å². The van der Waals surface area contributed by atoms with Crippen LogP contribution in [0.4, 0.5) is 0 Å². The molecule has 1 aromatic rings. The van der Waals surface area contributed by atoms with E-state index in [2.05, 4.69) is 11.0 Å². The number of nitrogens with zero attached hydrogens (tertiary/aromatic N) is 2. The predicted octanol–water partition coefficient (Wildman–Crippen LogP) is 1.12. The molecule has 0 bridgehead atoms. The van der Waals surface area contributed by atoms with Gasteiger partial charge in [-0.1, -0.05) is 13.0 Å². The summed E-state index contributed by atoms with van der Waals surface area (Å²) in [5.41, 5.74) is 6.97. The maximum Gasteiger partial charge on any atom is 0.222 e. The summed E-state index contributed by atoms with van der Waals surface area (Å²) in [6, 6.07) is 7.72. The fourth-order valence-corrected chi connectivity index (χ4v) is 2.77. The number of nitriles is 1. The van der Waals surface area contributed by atoms with Crippen LogP contribution in [0.2, 0.25) is 0 Å². The van der Waals surface area contributed by atoms with Crippen LogP contribution in [0, 0.1) is 23.2 Å². The summed E-state index contributed by atoms with van der Waals surface area (Å²) in [6.45, 7) is 4.29. The third-order valence-corrected chi connectivity index (χ3v) is 3.84. The first kappa shape index (κ1) is 14.4. The normalized spacial score (nSPS) is 22.4. The van der Waals surface area contributed by atoms with Crippen LogP contribution in [0.1, 0.15) is 18.1 Å². The second kappa shape index (κ2) is 5.93. The number of carbonyl (C=O) groups is 1. The number of ether oxygens (including phenoxy) is 1. The summed E-state index contributed by atoms with van der Waals surface area (Å²) >= 11 is 0. The average Bonchev–Trinajstić information content (AvgIpc) is 2.79. The molecule has 5 nitrogen and oxygen atoms in total. The molecule has 1 saturated heterocycles.